The molecule has 4 heteroatoms. The van der Waals surface area contributed by atoms with Crippen molar-refractivity contribution >= 4 is 23.6 Å². The third kappa shape index (κ3) is 5.34. The van der Waals surface area contributed by atoms with Gasteiger partial charge in [-0.25, -0.2) is 0 Å². The van der Waals surface area contributed by atoms with Gasteiger partial charge in [0.2, 0.25) is 5.91 Å². The van der Waals surface area contributed by atoms with Crippen LogP contribution >= 0.6 is 11.6 Å². The van der Waals surface area contributed by atoms with E-state index in [9.17, 15) is 4.79 Å². The van der Waals surface area contributed by atoms with Gasteiger partial charge in [-0.1, -0.05) is 23.7 Å². The first-order chi connectivity index (χ1) is 8.49. The summed E-state index contributed by atoms with van der Waals surface area (Å²) in [7, 11) is 0. The average molecular weight is 268 g/mol. The first-order valence-electron chi connectivity index (χ1n) is 5.89. The van der Waals surface area contributed by atoms with Gasteiger partial charge < -0.3 is 10.4 Å². The van der Waals surface area contributed by atoms with Crippen molar-refractivity contribution in [3.63, 3.8) is 0 Å². The van der Waals surface area contributed by atoms with Crippen molar-refractivity contribution in [2.75, 3.05) is 6.54 Å². The number of rotatable bonds is 5. The average Bonchev–Trinajstić information content (AvgIpc) is 2.30. The van der Waals surface area contributed by atoms with Crippen LogP contribution in [-0.2, 0) is 4.79 Å². The summed E-state index contributed by atoms with van der Waals surface area (Å²) in [5.41, 5.74) is 1.89. The molecule has 0 spiro atoms. The van der Waals surface area contributed by atoms with Gasteiger partial charge in [0, 0.05) is 17.6 Å². The number of aliphatic hydroxyl groups is 1. The quantitative estimate of drug-likeness (QED) is 0.806. The Morgan fingerprint density at radius 2 is 2.28 bits per heavy atom. The molecule has 0 aliphatic rings. The number of amides is 1. The first-order valence-corrected chi connectivity index (χ1v) is 6.27. The number of aryl methyl sites for hydroxylation is 1. The summed E-state index contributed by atoms with van der Waals surface area (Å²) in [6.45, 7) is 4.09. The highest BCUT2D eigenvalue weighted by atomic mass is 35.5. The van der Waals surface area contributed by atoms with E-state index < -0.39 is 6.10 Å². The Bertz CT molecular complexity index is 441. The molecule has 1 unspecified atom stereocenters. The van der Waals surface area contributed by atoms with Crippen LogP contribution in [0.25, 0.3) is 6.08 Å². The largest absolute Gasteiger partial charge is 0.393 e. The first kappa shape index (κ1) is 14.7. The second-order valence-corrected chi connectivity index (χ2v) is 4.68. The normalized spacial score (nSPS) is 12.7. The van der Waals surface area contributed by atoms with Gasteiger partial charge in [0.05, 0.1) is 6.10 Å². The summed E-state index contributed by atoms with van der Waals surface area (Å²) >= 11 is 5.99. The molecule has 3 nitrogen and oxygen atoms in total. The van der Waals surface area contributed by atoms with Crippen LogP contribution < -0.4 is 5.32 Å². The van der Waals surface area contributed by atoms with E-state index in [2.05, 4.69) is 5.32 Å². The predicted octanol–water partition coefficient (Wildman–Crippen LogP) is 2.55. The summed E-state index contributed by atoms with van der Waals surface area (Å²) in [6.07, 6.45) is 3.33. The van der Waals surface area contributed by atoms with Crippen molar-refractivity contribution < 1.29 is 9.90 Å². The fraction of sp³-hybridized carbons (Fsp3) is 0.357. The molecule has 1 aromatic rings. The third-order valence-electron chi connectivity index (χ3n) is 2.48. The highest BCUT2D eigenvalue weighted by Crippen LogP contribution is 2.17. The molecule has 18 heavy (non-hydrogen) atoms. The number of hydrogen-bond acceptors (Lipinski definition) is 2. The van der Waals surface area contributed by atoms with Crippen LogP contribution in [0.5, 0.6) is 0 Å². The fourth-order valence-corrected chi connectivity index (χ4v) is 1.54. The smallest absolute Gasteiger partial charge is 0.244 e. The molecule has 0 fully saturated rings. The highest BCUT2D eigenvalue weighted by molar-refractivity contribution is 6.31. The van der Waals surface area contributed by atoms with Crippen molar-refractivity contribution in [1.29, 1.82) is 0 Å². The summed E-state index contributed by atoms with van der Waals surface area (Å²) in [6, 6.07) is 5.63. The van der Waals surface area contributed by atoms with Crippen molar-refractivity contribution in [1.82, 2.24) is 5.32 Å². The maximum absolute atomic E-state index is 11.4. The van der Waals surface area contributed by atoms with Gasteiger partial charge in [-0.05, 0) is 43.5 Å². The third-order valence-corrected chi connectivity index (χ3v) is 2.89. The minimum atomic E-state index is -0.398. The topological polar surface area (TPSA) is 49.3 Å². The second kappa shape index (κ2) is 7.19. The van der Waals surface area contributed by atoms with Crippen molar-refractivity contribution in [2.45, 2.75) is 26.4 Å². The van der Waals surface area contributed by atoms with E-state index in [1.165, 1.54) is 6.08 Å². The summed E-state index contributed by atoms with van der Waals surface area (Å²) in [5.74, 6) is -0.174. The Balaban J connectivity index is 2.48. The number of hydrogen-bond donors (Lipinski definition) is 2. The molecule has 1 atom stereocenters. The monoisotopic (exact) mass is 267 g/mol. The molecule has 1 rings (SSSR count). The number of benzene rings is 1. The van der Waals surface area contributed by atoms with E-state index in [0.717, 1.165) is 11.1 Å². The fourth-order valence-electron chi connectivity index (χ4n) is 1.35. The van der Waals surface area contributed by atoms with E-state index in [0.29, 0.717) is 18.0 Å². The van der Waals surface area contributed by atoms with Crippen LogP contribution in [0.4, 0.5) is 0 Å². The summed E-state index contributed by atoms with van der Waals surface area (Å²) < 4.78 is 0. The van der Waals surface area contributed by atoms with Gasteiger partial charge >= 0.3 is 0 Å². The maximum Gasteiger partial charge on any atom is 0.244 e. The van der Waals surface area contributed by atoms with Crippen LogP contribution in [-0.4, -0.2) is 23.7 Å². The minimum Gasteiger partial charge on any atom is -0.393 e. The Labute approximate surface area is 112 Å². The van der Waals surface area contributed by atoms with Gasteiger partial charge in [-0.2, -0.15) is 0 Å². The van der Waals surface area contributed by atoms with Gasteiger partial charge in [0.25, 0.3) is 0 Å². The molecule has 0 saturated heterocycles. The van der Waals surface area contributed by atoms with Gasteiger partial charge in [-0.15, -0.1) is 0 Å². The lowest BCUT2D eigenvalue weighted by Crippen LogP contribution is -2.24. The van der Waals surface area contributed by atoms with Gasteiger partial charge in [0.15, 0.2) is 0 Å². The molecular formula is C14H18ClNO2. The standard InChI is InChI=1S/C14H18ClNO2/c1-10-3-4-12(9-13(10)15)5-6-14(18)16-8-7-11(2)17/h3-6,9,11,17H,7-8H2,1-2H3,(H,16,18). The number of carbonyl (C=O) groups is 1. The lowest BCUT2D eigenvalue weighted by molar-refractivity contribution is -0.116. The lowest BCUT2D eigenvalue weighted by Gasteiger charge is -2.04. The van der Waals surface area contributed by atoms with E-state index in [1.807, 2.05) is 25.1 Å². The molecule has 0 radical (unpaired) electrons. The Kier molecular flexibility index (Phi) is 5.89. The highest BCUT2D eigenvalue weighted by Gasteiger charge is 1.99. The molecule has 0 heterocycles. The van der Waals surface area contributed by atoms with Crippen LogP contribution in [0, 0.1) is 6.92 Å². The molecule has 0 aromatic heterocycles. The van der Waals surface area contributed by atoms with E-state index in [4.69, 9.17) is 16.7 Å². The van der Waals surface area contributed by atoms with E-state index in [1.54, 1.807) is 13.0 Å². The molecule has 1 amide bonds. The molecule has 1 aromatic carbocycles. The zero-order valence-corrected chi connectivity index (χ0v) is 11.4. The lowest BCUT2D eigenvalue weighted by atomic mass is 10.1. The molecule has 98 valence electrons. The SMILES string of the molecule is Cc1ccc(C=CC(=O)NCCC(C)O)cc1Cl. The Morgan fingerprint density at radius 3 is 2.89 bits per heavy atom. The molecule has 0 aliphatic heterocycles. The predicted molar refractivity (Wildman–Crippen MR) is 74.5 cm³/mol. The van der Waals surface area contributed by atoms with E-state index >= 15 is 0 Å². The Hall–Kier alpha value is -1.32. The molecular weight excluding hydrogens is 250 g/mol. The molecule has 0 aliphatic carbocycles. The van der Waals surface area contributed by atoms with Gasteiger partial charge in [-0.3, -0.25) is 4.79 Å². The zero-order chi connectivity index (χ0) is 13.5. The molecule has 0 saturated carbocycles. The van der Waals surface area contributed by atoms with Crippen molar-refractivity contribution in [2.24, 2.45) is 0 Å². The van der Waals surface area contributed by atoms with Crippen LogP contribution in [0.1, 0.15) is 24.5 Å². The number of carbonyl (C=O) groups excluding carboxylic acids is 1. The maximum atomic E-state index is 11.4. The van der Waals surface area contributed by atoms with Crippen LogP contribution in [0.3, 0.4) is 0 Å². The second-order valence-electron chi connectivity index (χ2n) is 4.27. The van der Waals surface area contributed by atoms with E-state index in [-0.39, 0.29) is 5.91 Å². The Morgan fingerprint density at radius 1 is 1.56 bits per heavy atom. The number of halogens is 1. The zero-order valence-electron chi connectivity index (χ0n) is 10.6. The summed E-state index contributed by atoms with van der Waals surface area (Å²) in [4.78, 5) is 11.4. The van der Waals surface area contributed by atoms with Crippen molar-refractivity contribution in [3.05, 3.63) is 40.4 Å². The molecule has 0 bridgehead atoms. The van der Waals surface area contributed by atoms with Crippen LogP contribution in [0.15, 0.2) is 24.3 Å². The number of aliphatic hydroxyl groups excluding tert-OH is 1. The minimum absolute atomic E-state index is 0.174. The van der Waals surface area contributed by atoms with Crippen molar-refractivity contribution in [3.8, 4) is 0 Å². The summed E-state index contributed by atoms with van der Waals surface area (Å²) in [5, 5.41) is 12.4. The van der Waals surface area contributed by atoms with Crippen LogP contribution in [0.2, 0.25) is 5.02 Å². The number of nitrogens with one attached hydrogen (secondary N) is 1. The molecule has 2 N–H and O–H groups in total. The van der Waals surface area contributed by atoms with Gasteiger partial charge in [0.1, 0.15) is 0 Å².